The normalized spacial score (nSPS) is 17.4. The minimum atomic E-state index is -1.65. The minimum Gasteiger partial charge on any atom is -0.497 e. The van der Waals surface area contributed by atoms with Crippen LogP contribution < -0.4 is 15.2 Å². The highest BCUT2D eigenvalue weighted by molar-refractivity contribution is 7.99. The number of hydrogen-bond acceptors (Lipinski definition) is 14. The van der Waals surface area contributed by atoms with Gasteiger partial charge >= 0.3 is 0 Å². The molecule has 1 aliphatic rings. The molecule has 2 unspecified atom stereocenters. The molecule has 2 aromatic heterocycles. The van der Waals surface area contributed by atoms with Gasteiger partial charge in [0.25, 0.3) is 8.53 Å². The Bertz CT molecular complexity index is 2140. The number of nitrogens with zero attached hydrogens (tertiary/aromatic N) is 7. The largest absolute Gasteiger partial charge is 0.497 e. The molecule has 0 saturated carbocycles. The van der Waals surface area contributed by atoms with E-state index in [0.29, 0.717) is 46.3 Å². The third-order valence-electron chi connectivity index (χ3n) is 9.88. The van der Waals surface area contributed by atoms with Crippen molar-refractivity contribution in [2.45, 2.75) is 88.1 Å². The highest BCUT2D eigenvalue weighted by Crippen LogP contribution is 2.51. The van der Waals surface area contributed by atoms with Crippen LogP contribution in [0.25, 0.3) is 11.2 Å². The Hall–Kier alpha value is -4.83. The molecule has 4 atom stereocenters. The molecule has 16 heteroatoms. The van der Waals surface area contributed by atoms with Gasteiger partial charge in [0.1, 0.15) is 40.0 Å². The number of nitrogens with two attached hydrogens (primary N) is 1. The van der Waals surface area contributed by atoms with Crippen LogP contribution in [0.3, 0.4) is 0 Å². The van der Waals surface area contributed by atoms with Crippen molar-refractivity contribution < 1.29 is 28.0 Å². The molecule has 3 aromatic carbocycles. The van der Waals surface area contributed by atoms with Gasteiger partial charge in [-0.1, -0.05) is 54.6 Å². The molecule has 2 N–H and O–H groups in total. The van der Waals surface area contributed by atoms with Crippen molar-refractivity contribution >= 4 is 37.4 Å². The number of nitriles is 2. The number of methoxy groups -OCH3 is 2. The van der Waals surface area contributed by atoms with Crippen LogP contribution in [0, 0.1) is 22.7 Å². The molecule has 0 amide bonds. The van der Waals surface area contributed by atoms with Gasteiger partial charge in [0.15, 0.2) is 5.65 Å². The summed E-state index contributed by atoms with van der Waals surface area (Å²) in [5, 5.41) is 19.1. The molecule has 6 rings (SSSR count). The zero-order valence-corrected chi connectivity index (χ0v) is 35.9. The molecule has 0 aliphatic carbocycles. The Morgan fingerprint density at radius 3 is 2.08 bits per heavy atom. The molecule has 1 saturated heterocycles. The van der Waals surface area contributed by atoms with Crippen molar-refractivity contribution in [1.29, 1.82) is 10.5 Å². The first-order valence-electron chi connectivity index (χ1n) is 19.5. The first kappa shape index (κ1) is 43.7. The molecule has 3 heterocycles. The molecular formula is C43H51N8O6PS. The molecule has 0 bridgehead atoms. The second-order valence-corrected chi connectivity index (χ2v) is 16.8. The van der Waals surface area contributed by atoms with E-state index in [9.17, 15) is 5.26 Å². The number of thioether (sulfide) groups is 1. The van der Waals surface area contributed by atoms with E-state index in [2.05, 4.69) is 66.6 Å². The lowest BCUT2D eigenvalue weighted by atomic mass is 9.80. The minimum absolute atomic E-state index is 0.0844. The van der Waals surface area contributed by atoms with Crippen molar-refractivity contribution in [3.8, 4) is 23.6 Å². The number of benzene rings is 3. The first-order chi connectivity index (χ1) is 28.6. The van der Waals surface area contributed by atoms with Crippen LogP contribution in [0.15, 0.2) is 90.2 Å². The van der Waals surface area contributed by atoms with Gasteiger partial charge in [0.05, 0.1) is 58.4 Å². The van der Waals surface area contributed by atoms with Crippen LogP contribution in [-0.4, -0.2) is 81.7 Å². The summed E-state index contributed by atoms with van der Waals surface area (Å²) < 4.78 is 42.9. The Labute approximate surface area is 351 Å². The van der Waals surface area contributed by atoms with Gasteiger partial charge in [-0.05, 0) is 68.7 Å². The highest BCUT2D eigenvalue weighted by Gasteiger charge is 2.45. The van der Waals surface area contributed by atoms with E-state index in [4.69, 9.17) is 44.0 Å². The summed E-state index contributed by atoms with van der Waals surface area (Å²) >= 11 is 1.41. The monoisotopic (exact) mass is 838 g/mol. The predicted molar refractivity (Wildman–Crippen MR) is 228 cm³/mol. The van der Waals surface area contributed by atoms with Crippen LogP contribution in [0.2, 0.25) is 0 Å². The van der Waals surface area contributed by atoms with E-state index in [-0.39, 0.29) is 37.7 Å². The molecular weight excluding hydrogens is 788 g/mol. The molecule has 0 spiro atoms. The number of anilines is 1. The van der Waals surface area contributed by atoms with Crippen molar-refractivity contribution in [2.75, 3.05) is 38.9 Å². The van der Waals surface area contributed by atoms with Crippen LogP contribution in [0.4, 0.5) is 5.95 Å². The SMILES string of the molecule is COc1ccc(C(OC[C@H]2O[C@@H](n3cnc4c(SCCC#N)nc(N)nc43)CC2OP(OCCC#N)N(C(C)C)C(C)C)(c2ccccc2)c2ccc(OC)cc2)cc1. The maximum absolute atomic E-state index is 9.40. The number of ether oxygens (including phenoxy) is 4. The predicted octanol–water partition coefficient (Wildman–Crippen LogP) is 8.39. The second kappa shape index (κ2) is 20.4. The van der Waals surface area contributed by atoms with Gasteiger partial charge in [-0.15, -0.1) is 11.8 Å². The lowest BCUT2D eigenvalue weighted by Gasteiger charge is -2.39. The third-order valence-corrected chi connectivity index (χ3v) is 13.0. The smallest absolute Gasteiger partial charge is 0.259 e. The number of imidazole rings is 1. The van der Waals surface area contributed by atoms with E-state index >= 15 is 0 Å². The van der Waals surface area contributed by atoms with Crippen molar-refractivity contribution in [1.82, 2.24) is 24.2 Å². The average molecular weight is 839 g/mol. The van der Waals surface area contributed by atoms with E-state index in [1.54, 1.807) is 20.5 Å². The number of hydrogen-bond donors (Lipinski definition) is 1. The van der Waals surface area contributed by atoms with Gasteiger partial charge in [0.2, 0.25) is 5.95 Å². The van der Waals surface area contributed by atoms with Crippen molar-refractivity contribution in [3.05, 3.63) is 102 Å². The summed E-state index contributed by atoms with van der Waals surface area (Å²) in [5.41, 5.74) is 8.87. The summed E-state index contributed by atoms with van der Waals surface area (Å²) in [7, 11) is 1.64. The third kappa shape index (κ3) is 9.97. The highest BCUT2D eigenvalue weighted by atomic mass is 32.2. The fraction of sp³-hybridized carbons (Fsp3) is 0.419. The standard InChI is InChI=1S/C43H51N8O6PS/c1-29(2)51(30(3)4)58(55-24-10-22-44)57-36-26-38(50-28-47-39-40(50)48-42(46)49-41(39)59-25-11-23-45)56-37(36)27-54-43(31-12-8-7-9-13-31,32-14-18-34(52-5)19-15-32)33-16-20-35(53-6)21-17-33/h7-9,12-21,28-30,36-38H,10-11,24-27H2,1-6H3,(H2,46,48,49)/t36?,37-,38-,58?/m1/s1. The Morgan fingerprint density at radius 1 is 0.898 bits per heavy atom. The van der Waals surface area contributed by atoms with E-state index in [1.165, 1.54) is 11.8 Å². The van der Waals surface area contributed by atoms with Crippen LogP contribution in [-0.2, 0) is 24.1 Å². The maximum atomic E-state index is 9.40. The molecule has 1 fully saturated rings. The molecule has 310 valence electrons. The topological polar surface area (TPSA) is 176 Å². The van der Waals surface area contributed by atoms with Crippen molar-refractivity contribution in [2.24, 2.45) is 0 Å². The molecule has 1 aliphatic heterocycles. The van der Waals surface area contributed by atoms with E-state index < -0.39 is 32.6 Å². The van der Waals surface area contributed by atoms with E-state index in [0.717, 1.165) is 16.7 Å². The lowest BCUT2D eigenvalue weighted by molar-refractivity contribution is -0.0912. The maximum Gasteiger partial charge on any atom is 0.259 e. The van der Waals surface area contributed by atoms with Crippen LogP contribution >= 0.6 is 20.3 Å². The van der Waals surface area contributed by atoms with E-state index in [1.807, 2.05) is 71.3 Å². The fourth-order valence-corrected chi connectivity index (χ4v) is 9.82. The van der Waals surface area contributed by atoms with Crippen LogP contribution in [0.5, 0.6) is 11.5 Å². The van der Waals surface area contributed by atoms with Gasteiger partial charge < -0.3 is 33.7 Å². The quantitative estimate of drug-likeness (QED) is 0.0260. The van der Waals surface area contributed by atoms with Gasteiger partial charge in [-0.25, -0.2) is 14.6 Å². The fourth-order valence-electron chi connectivity index (χ4n) is 7.24. The molecule has 5 aromatic rings. The Balaban J connectivity index is 1.44. The Morgan fingerprint density at radius 2 is 1.51 bits per heavy atom. The lowest BCUT2D eigenvalue weighted by Crippen LogP contribution is -2.39. The number of rotatable bonds is 20. The average Bonchev–Trinajstić information content (AvgIpc) is 3.85. The summed E-state index contributed by atoms with van der Waals surface area (Å²) in [6.07, 6.45) is 0.921. The van der Waals surface area contributed by atoms with Gasteiger partial charge in [-0.3, -0.25) is 4.57 Å². The van der Waals surface area contributed by atoms with Crippen LogP contribution in [0.1, 0.15) is 69.9 Å². The molecule has 14 nitrogen and oxygen atoms in total. The Kier molecular flexibility index (Phi) is 15.1. The number of nitrogen functional groups attached to an aromatic ring is 1. The second-order valence-electron chi connectivity index (χ2n) is 14.3. The van der Waals surface area contributed by atoms with Crippen molar-refractivity contribution in [3.63, 3.8) is 0 Å². The summed E-state index contributed by atoms with van der Waals surface area (Å²) in [6, 6.07) is 30.4. The molecule has 59 heavy (non-hydrogen) atoms. The first-order valence-corrected chi connectivity index (χ1v) is 21.6. The summed E-state index contributed by atoms with van der Waals surface area (Å²) in [5.74, 6) is 2.06. The number of fused-ring (bicyclic) bond motifs is 1. The molecule has 0 radical (unpaired) electrons. The summed E-state index contributed by atoms with van der Waals surface area (Å²) in [6.45, 7) is 8.73. The zero-order chi connectivity index (χ0) is 41.9. The number of aromatic nitrogens is 4. The van der Waals surface area contributed by atoms with Gasteiger partial charge in [0, 0.05) is 30.7 Å². The summed E-state index contributed by atoms with van der Waals surface area (Å²) in [4.78, 5) is 13.7. The van der Waals surface area contributed by atoms with Gasteiger partial charge in [-0.2, -0.15) is 15.5 Å². The zero-order valence-electron chi connectivity index (χ0n) is 34.2.